The summed E-state index contributed by atoms with van der Waals surface area (Å²) >= 11 is 1.74. The van der Waals surface area contributed by atoms with E-state index in [9.17, 15) is 14.0 Å². The zero-order valence-corrected chi connectivity index (χ0v) is 19.6. The van der Waals surface area contributed by atoms with Gasteiger partial charge in [-0.05, 0) is 31.6 Å². The van der Waals surface area contributed by atoms with Crippen molar-refractivity contribution in [2.75, 3.05) is 46.6 Å². The third-order valence-corrected chi connectivity index (χ3v) is 7.51. The van der Waals surface area contributed by atoms with E-state index in [0.717, 1.165) is 38.9 Å². The molecule has 1 aromatic heterocycles. The maximum atomic E-state index is 14.7. The average Bonchev–Trinajstić information content (AvgIpc) is 2.82. The first kappa shape index (κ1) is 24.0. The van der Waals surface area contributed by atoms with E-state index in [-0.39, 0.29) is 23.8 Å². The van der Waals surface area contributed by atoms with Gasteiger partial charge in [-0.15, -0.1) is 0 Å². The number of carbonyl (C=O) groups excluding carboxylic acids is 1. The molecular formula is C23H30FN3O5S. The molecule has 0 saturated carbocycles. The number of ether oxygens (including phenoxy) is 3. The van der Waals surface area contributed by atoms with Gasteiger partial charge in [0.25, 0.3) is 5.56 Å². The molecule has 4 rings (SSSR count). The van der Waals surface area contributed by atoms with E-state index in [1.807, 2.05) is 0 Å². The van der Waals surface area contributed by atoms with Crippen LogP contribution in [-0.2, 0) is 20.0 Å². The molecule has 2 aliphatic rings. The van der Waals surface area contributed by atoms with Gasteiger partial charge in [0.2, 0.25) is 5.91 Å². The number of thioether (sulfide) groups is 1. The van der Waals surface area contributed by atoms with Crippen LogP contribution in [0.1, 0.15) is 31.5 Å². The summed E-state index contributed by atoms with van der Waals surface area (Å²) < 4.78 is 30.8. The lowest BCUT2D eigenvalue weighted by Crippen LogP contribution is -2.41. The summed E-state index contributed by atoms with van der Waals surface area (Å²) in [6.45, 7) is 3.36. The SMILES string of the molecule is COCC(=O)N1CCC(COc2cc(F)c3c(=O)[nH]c(CSC4CCOCC4)nc3c2)CC1. The second kappa shape index (κ2) is 11.3. The third-order valence-electron chi connectivity index (χ3n) is 6.13. The number of amides is 1. The van der Waals surface area contributed by atoms with Crippen LogP contribution in [0.25, 0.3) is 10.9 Å². The molecule has 1 N–H and O–H groups in total. The first-order valence-electron chi connectivity index (χ1n) is 11.3. The Morgan fingerprint density at radius 3 is 2.76 bits per heavy atom. The number of hydrogen-bond acceptors (Lipinski definition) is 7. The number of rotatable bonds is 8. The molecular weight excluding hydrogens is 449 g/mol. The third kappa shape index (κ3) is 6.24. The van der Waals surface area contributed by atoms with Gasteiger partial charge >= 0.3 is 0 Å². The van der Waals surface area contributed by atoms with Crippen molar-refractivity contribution >= 4 is 28.6 Å². The predicted octanol–water partition coefficient (Wildman–Crippen LogP) is 2.74. The van der Waals surface area contributed by atoms with Crippen LogP contribution < -0.4 is 10.3 Å². The minimum Gasteiger partial charge on any atom is -0.493 e. The number of aromatic amines is 1. The Balaban J connectivity index is 1.38. The topological polar surface area (TPSA) is 93.8 Å². The Morgan fingerprint density at radius 1 is 1.27 bits per heavy atom. The Labute approximate surface area is 196 Å². The molecule has 1 aromatic carbocycles. The Kier molecular flexibility index (Phi) is 8.21. The highest BCUT2D eigenvalue weighted by Gasteiger charge is 2.23. The maximum Gasteiger partial charge on any atom is 0.261 e. The number of likely N-dealkylation sites (tertiary alicyclic amines) is 1. The summed E-state index contributed by atoms with van der Waals surface area (Å²) in [4.78, 5) is 33.4. The lowest BCUT2D eigenvalue weighted by molar-refractivity contribution is -0.136. The van der Waals surface area contributed by atoms with Crippen LogP contribution in [-0.4, -0.2) is 72.7 Å². The fourth-order valence-corrected chi connectivity index (χ4v) is 5.27. The predicted molar refractivity (Wildman–Crippen MR) is 124 cm³/mol. The molecule has 180 valence electrons. The fourth-order valence-electron chi connectivity index (χ4n) is 4.22. The number of methoxy groups -OCH3 is 1. The minimum atomic E-state index is -0.639. The Hall–Kier alpha value is -2.17. The van der Waals surface area contributed by atoms with Gasteiger partial charge in [-0.2, -0.15) is 11.8 Å². The number of fused-ring (bicyclic) bond motifs is 1. The number of H-pyrrole nitrogens is 1. The van der Waals surface area contributed by atoms with Crippen molar-refractivity contribution < 1.29 is 23.4 Å². The first-order chi connectivity index (χ1) is 16.0. The van der Waals surface area contributed by atoms with E-state index < -0.39 is 11.4 Å². The number of benzene rings is 1. The summed E-state index contributed by atoms with van der Waals surface area (Å²) in [7, 11) is 1.51. The van der Waals surface area contributed by atoms with E-state index in [1.54, 1.807) is 22.7 Å². The lowest BCUT2D eigenvalue weighted by Gasteiger charge is -2.31. The molecule has 0 unspecified atom stereocenters. The van der Waals surface area contributed by atoms with Crippen LogP contribution in [0.15, 0.2) is 16.9 Å². The van der Waals surface area contributed by atoms with Crippen LogP contribution in [0.3, 0.4) is 0 Å². The molecule has 0 aliphatic carbocycles. The minimum absolute atomic E-state index is 0.00412. The van der Waals surface area contributed by atoms with Crippen LogP contribution >= 0.6 is 11.8 Å². The van der Waals surface area contributed by atoms with Gasteiger partial charge in [0.05, 0.1) is 17.9 Å². The van der Waals surface area contributed by atoms with Crippen molar-refractivity contribution in [3.8, 4) is 5.75 Å². The highest BCUT2D eigenvalue weighted by molar-refractivity contribution is 7.99. The van der Waals surface area contributed by atoms with Crippen LogP contribution in [0.2, 0.25) is 0 Å². The van der Waals surface area contributed by atoms with Gasteiger partial charge in [0, 0.05) is 50.8 Å². The van der Waals surface area contributed by atoms with Gasteiger partial charge in [-0.25, -0.2) is 9.37 Å². The van der Waals surface area contributed by atoms with Gasteiger partial charge in [-0.3, -0.25) is 9.59 Å². The lowest BCUT2D eigenvalue weighted by atomic mass is 9.98. The summed E-state index contributed by atoms with van der Waals surface area (Å²) in [5.74, 6) is 1.08. The summed E-state index contributed by atoms with van der Waals surface area (Å²) in [5, 5.41) is 0.425. The summed E-state index contributed by atoms with van der Waals surface area (Å²) in [6, 6.07) is 2.88. The Morgan fingerprint density at radius 2 is 2.03 bits per heavy atom. The Bertz CT molecular complexity index is 1020. The molecule has 2 saturated heterocycles. The first-order valence-corrected chi connectivity index (χ1v) is 12.4. The van der Waals surface area contributed by atoms with Crippen LogP contribution in [0.4, 0.5) is 4.39 Å². The molecule has 0 bridgehead atoms. The van der Waals surface area contributed by atoms with Crippen LogP contribution in [0, 0.1) is 11.7 Å². The molecule has 3 heterocycles. The highest BCUT2D eigenvalue weighted by atomic mass is 32.2. The van der Waals surface area contributed by atoms with Crippen LogP contribution in [0.5, 0.6) is 5.75 Å². The average molecular weight is 480 g/mol. The molecule has 33 heavy (non-hydrogen) atoms. The van der Waals surface area contributed by atoms with Gasteiger partial charge in [0.1, 0.15) is 29.4 Å². The molecule has 8 nitrogen and oxygen atoms in total. The van der Waals surface area contributed by atoms with E-state index in [4.69, 9.17) is 14.2 Å². The van der Waals surface area contributed by atoms with Crippen molar-refractivity contribution in [3.05, 3.63) is 34.1 Å². The number of nitrogens with one attached hydrogen (secondary N) is 1. The standard InChI is InChI=1S/C23H30FN3O5S/c1-30-13-21(28)27-6-2-15(3-7-27)12-32-16-10-18(24)22-19(11-16)25-20(26-23(22)29)14-33-17-4-8-31-9-5-17/h10-11,15,17H,2-9,12-14H2,1H3,(H,25,26,29). The molecule has 0 radical (unpaired) electrons. The largest absolute Gasteiger partial charge is 0.493 e. The van der Waals surface area contributed by atoms with E-state index >= 15 is 0 Å². The van der Waals surface area contributed by atoms with Crippen molar-refractivity contribution in [1.29, 1.82) is 0 Å². The number of hydrogen-bond donors (Lipinski definition) is 1. The number of piperidine rings is 1. The fraction of sp³-hybridized carbons (Fsp3) is 0.609. The second-order valence-electron chi connectivity index (χ2n) is 8.50. The van der Waals surface area contributed by atoms with Gasteiger partial charge < -0.3 is 24.1 Å². The van der Waals surface area contributed by atoms with Crippen molar-refractivity contribution in [3.63, 3.8) is 0 Å². The second-order valence-corrected chi connectivity index (χ2v) is 9.79. The molecule has 0 atom stereocenters. The van der Waals surface area contributed by atoms with E-state index in [2.05, 4.69) is 9.97 Å². The number of halogens is 1. The van der Waals surface area contributed by atoms with E-state index in [1.165, 1.54) is 13.2 Å². The molecule has 0 spiro atoms. The van der Waals surface area contributed by atoms with Gasteiger partial charge in [-0.1, -0.05) is 0 Å². The van der Waals surface area contributed by atoms with E-state index in [0.29, 0.717) is 47.8 Å². The van der Waals surface area contributed by atoms with Crippen molar-refractivity contribution in [1.82, 2.24) is 14.9 Å². The molecule has 2 fully saturated rings. The number of carbonyl (C=O) groups is 1. The molecule has 2 aromatic rings. The maximum absolute atomic E-state index is 14.7. The highest BCUT2D eigenvalue weighted by Crippen LogP contribution is 2.26. The normalized spacial score (nSPS) is 18.1. The number of aromatic nitrogens is 2. The van der Waals surface area contributed by atoms with Crippen molar-refractivity contribution in [2.45, 2.75) is 36.7 Å². The summed E-state index contributed by atoms with van der Waals surface area (Å²) in [5.41, 5.74) is -0.170. The monoisotopic (exact) mass is 479 g/mol. The smallest absolute Gasteiger partial charge is 0.261 e. The molecule has 2 aliphatic heterocycles. The van der Waals surface area contributed by atoms with Gasteiger partial charge in [0.15, 0.2) is 0 Å². The summed E-state index contributed by atoms with van der Waals surface area (Å²) in [6.07, 6.45) is 3.59. The molecule has 1 amide bonds. The quantitative estimate of drug-likeness (QED) is 0.622. The molecule has 10 heteroatoms. The number of nitrogens with zero attached hydrogens (tertiary/aromatic N) is 2. The zero-order chi connectivity index (χ0) is 23.2. The zero-order valence-electron chi connectivity index (χ0n) is 18.8. The van der Waals surface area contributed by atoms with Crippen molar-refractivity contribution in [2.24, 2.45) is 5.92 Å².